The molecule has 0 spiro atoms. The highest BCUT2D eigenvalue weighted by Crippen LogP contribution is 2.26. The van der Waals surface area contributed by atoms with E-state index in [1.807, 2.05) is 24.8 Å². The summed E-state index contributed by atoms with van der Waals surface area (Å²) in [6, 6.07) is 8.65. The average molecular weight is 437 g/mol. The molecule has 1 amide bonds. The van der Waals surface area contributed by atoms with Crippen molar-refractivity contribution in [2.75, 3.05) is 26.2 Å². The van der Waals surface area contributed by atoms with Gasteiger partial charge in [0.15, 0.2) is 5.96 Å². The van der Waals surface area contributed by atoms with E-state index in [9.17, 15) is 4.79 Å². The smallest absolute Gasteiger partial charge is 0.225 e. The Bertz CT molecular complexity index is 672. The number of hydrogen-bond acceptors (Lipinski definition) is 2. The maximum Gasteiger partial charge on any atom is 0.225 e. The highest BCUT2D eigenvalue weighted by molar-refractivity contribution is 9.10. The van der Waals surface area contributed by atoms with Crippen LogP contribution < -0.4 is 10.6 Å². The number of halogens is 1. The first-order valence-corrected chi connectivity index (χ1v) is 10.6. The lowest BCUT2D eigenvalue weighted by Crippen LogP contribution is -2.45. The summed E-state index contributed by atoms with van der Waals surface area (Å²) in [4.78, 5) is 19.0. The molecule has 1 atom stereocenters. The minimum absolute atomic E-state index is 0.0525. The molecule has 2 N–H and O–H groups in total. The van der Waals surface area contributed by atoms with E-state index in [0.717, 1.165) is 36.5 Å². The van der Waals surface area contributed by atoms with E-state index in [0.29, 0.717) is 6.54 Å². The second-order valence-corrected chi connectivity index (χ2v) is 9.07. The molecule has 0 aromatic heterocycles. The van der Waals surface area contributed by atoms with E-state index >= 15 is 0 Å². The van der Waals surface area contributed by atoms with Gasteiger partial charge in [-0.25, -0.2) is 0 Å². The lowest BCUT2D eigenvalue weighted by atomic mass is 9.85. The predicted octanol–water partition coefficient (Wildman–Crippen LogP) is 3.54. The number of likely N-dealkylation sites (tertiary alicyclic amines) is 1. The molecular formula is C21H33BrN4O. The quantitative estimate of drug-likeness (QED) is 0.529. The number of benzene rings is 1. The summed E-state index contributed by atoms with van der Waals surface area (Å²) >= 11 is 3.55. The number of nitrogens with zero attached hydrogens (tertiary/aromatic N) is 2. The van der Waals surface area contributed by atoms with Crippen molar-refractivity contribution in [2.45, 2.75) is 52.5 Å². The van der Waals surface area contributed by atoms with Crippen molar-refractivity contribution in [2.24, 2.45) is 10.9 Å². The first-order chi connectivity index (χ1) is 12.7. The second-order valence-electron chi connectivity index (χ2n) is 8.16. The SMILES string of the molecule is CCNC(=NCC(C)(C)c1cccc(Br)c1)NC1CCN(C(=O)C(C)C)C1. The minimum Gasteiger partial charge on any atom is -0.357 e. The zero-order valence-corrected chi connectivity index (χ0v) is 18.8. The van der Waals surface area contributed by atoms with Crippen molar-refractivity contribution >= 4 is 27.8 Å². The van der Waals surface area contributed by atoms with Crippen molar-refractivity contribution in [1.82, 2.24) is 15.5 Å². The molecule has 0 saturated carbocycles. The first kappa shape index (κ1) is 21.7. The molecular weight excluding hydrogens is 404 g/mol. The molecule has 1 fully saturated rings. The molecule has 2 rings (SSSR count). The third-order valence-electron chi connectivity index (χ3n) is 4.92. The zero-order valence-electron chi connectivity index (χ0n) is 17.2. The zero-order chi connectivity index (χ0) is 20.0. The maximum atomic E-state index is 12.2. The summed E-state index contributed by atoms with van der Waals surface area (Å²) in [6.45, 7) is 13.5. The molecule has 1 heterocycles. The number of carbonyl (C=O) groups excluding carboxylic acids is 1. The van der Waals surface area contributed by atoms with E-state index < -0.39 is 0 Å². The summed E-state index contributed by atoms with van der Waals surface area (Å²) in [7, 11) is 0. The van der Waals surface area contributed by atoms with Gasteiger partial charge in [-0.2, -0.15) is 0 Å². The molecule has 0 aliphatic carbocycles. The number of hydrogen-bond donors (Lipinski definition) is 2. The van der Waals surface area contributed by atoms with E-state index in [-0.39, 0.29) is 23.3 Å². The Labute approximate surface area is 172 Å². The monoisotopic (exact) mass is 436 g/mol. The maximum absolute atomic E-state index is 12.2. The van der Waals surface area contributed by atoms with Crippen LogP contribution in [0.2, 0.25) is 0 Å². The van der Waals surface area contributed by atoms with E-state index in [1.54, 1.807) is 0 Å². The highest BCUT2D eigenvalue weighted by Gasteiger charge is 2.28. The minimum atomic E-state index is -0.0680. The first-order valence-electron chi connectivity index (χ1n) is 9.82. The van der Waals surface area contributed by atoms with Gasteiger partial charge in [0.2, 0.25) is 5.91 Å². The Balaban J connectivity index is 2.01. The number of rotatable bonds is 6. The summed E-state index contributed by atoms with van der Waals surface area (Å²) < 4.78 is 1.09. The fourth-order valence-electron chi connectivity index (χ4n) is 3.23. The average Bonchev–Trinajstić information content (AvgIpc) is 3.07. The van der Waals surface area contributed by atoms with Crippen LogP contribution >= 0.6 is 15.9 Å². The highest BCUT2D eigenvalue weighted by atomic mass is 79.9. The predicted molar refractivity (Wildman–Crippen MR) is 116 cm³/mol. The van der Waals surface area contributed by atoms with Crippen LogP contribution in [-0.2, 0) is 10.2 Å². The molecule has 150 valence electrons. The van der Waals surface area contributed by atoms with Crippen LogP contribution in [0.25, 0.3) is 0 Å². The Morgan fingerprint density at radius 1 is 1.41 bits per heavy atom. The Hall–Kier alpha value is -1.56. The lowest BCUT2D eigenvalue weighted by molar-refractivity contribution is -0.133. The van der Waals surface area contributed by atoms with Gasteiger partial charge in [-0.3, -0.25) is 9.79 Å². The van der Waals surface area contributed by atoms with E-state index in [2.05, 4.69) is 65.5 Å². The summed E-state index contributed by atoms with van der Waals surface area (Å²) in [5.74, 6) is 1.11. The summed E-state index contributed by atoms with van der Waals surface area (Å²) in [5, 5.41) is 6.85. The molecule has 1 unspecified atom stereocenters. The molecule has 6 heteroatoms. The Morgan fingerprint density at radius 2 is 2.15 bits per heavy atom. The second kappa shape index (κ2) is 9.58. The Kier molecular flexibility index (Phi) is 7.71. The normalized spacial score (nSPS) is 18.1. The molecule has 1 aliphatic heterocycles. The van der Waals surface area contributed by atoms with Crippen LogP contribution in [0, 0.1) is 5.92 Å². The lowest BCUT2D eigenvalue weighted by Gasteiger charge is -2.25. The van der Waals surface area contributed by atoms with Crippen LogP contribution in [-0.4, -0.2) is 49.0 Å². The third-order valence-corrected chi connectivity index (χ3v) is 5.41. The number of amides is 1. The van der Waals surface area contributed by atoms with E-state index in [1.165, 1.54) is 5.56 Å². The van der Waals surface area contributed by atoms with Gasteiger partial charge in [-0.1, -0.05) is 55.8 Å². The van der Waals surface area contributed by atoms with Gasteiger partial charge in [0.1, 0.15) is 0 Å². The van der Waals surface area contributed by atoms with Crippen molar-refractivity contribution in [1.29, 1.82) is 0 Å². The van der Waals surface area contributed by atoms with Crippen LogP contribution in [0.1, 0.15) is 46.6 Å². The standard InChI is InChI=1S/C21H33BrN4O/c1-6-23-20(25-18-10-11-26(13-18)19(27)15(2)3)24-14-21(4,5)16-8-7-9-17(22)12-16/h7-9,12,15,18H,6,10-11,13-14H2,1-5H3,(H2,23,24,25). The van der Waals surface area contributed by atoms with Crippen LogP contribution in [0.4, 0.5) is 0 Å². The molecule has 1 aliphatic rings. The molecule has 1 aromatic carbocycles. The number of guanidine groups is 1. The number of carbonyl (C=O) groups is 1. The fraction of sp³-hybridized carbons (Fsp3) is 0.619. The van der Waals surface area contributed by atoms with Crippen molar-refractivity contribution < 1.29 is 4.79 Å². The van der Waals surface area contributed by atoms with Gasteiger partial charge >= 0.3 is 0 Å². The van der Waals surface area contributed by atoms with Crippen LogP contribution in [0.3, 0.4) is 0 Å². The fourth-order valence-corrected chi connectivity index (χ4v) is 3.63. The van der Waals surface area contributed by atoms with Crippen molar-refractivity contribution in [3.05, 3.63) is 34.3 Å². The van der Waals surface area contributed by atoms with E-state index in [4.69, 9.17) is 4.99 Å². The third kappa shape index (κ3) is 6.23. The molecule has 0 radical (unpaired) electrons. The van der Waals surface area contributed by atoms with Gasteiger partial charge in [0, 0.05) is 41.5 Å². The number of nitrogens with one attached hydrogen (secondary N) is 2. The van der Waals surface area contributed by atoms with Gasteiger partial charge < -0.3 is 15.5 Å². The van der Waals surface area contributed by atoms with Gasteiger partial charge in [0.25, 0.3) is 0 Å². The van der Waals surface area contributed by atoms with Crippen LogP contribution in [0.15, 0.2) is 33.7 Å². The summed E-state index contributed by atoms with van der Waals surface area (Å²) in [6.07, 6.45) is 0.956. The van der Waals surface area contributed by atoms with Crippen molar-refractivity contribution in [3.8, 4) is 0 Å². The molecule has 0 bridgehead atoms. The molecule has 27 heavy (non-hydrogen) atoms. The molecule has 5 nitrogen and oxygen atoms in total. The van der Waals surface area contributed by atoms with Gasteiger partial charge in [-0.15, -0.1) is 0 Å². The Morgan fingerprint density at radius 3 is 2.78 bits per heavy atom. The molecule has 1 saturated heterocycles. The van der Waals surface area contributed by atoms with Gasteiger partial charge in [0.05, 0.1) is 6.54 Å². The van der Waals surface area contributed by atoms with Crippen molar-refractivity contribution in [3.63, 3.8) is 0 Å². The molecule has 1 aromatic rings. The number of aliphatic imine (C=N–C) groups is 1. The topological polar surface area (TPSA) is 56.7 Å². The van der Waals surface area contributed by atoms with Gasteiger partial charge in [-0.05, 0) is 31.0 Å². The van der Waals surface area contributed by atoms with Crippen LogP contribution in [0.5, 0.6) is 0 Å². The summed E-state index contributed by atoms with van der Waals surface area (Å²) in [5.41, 5.74) is 1.19. The largest absolute Gasteiger partial charge is 0.357 e.